The van der Waals surface area contributed by atoms with E-state index in [4.69, 9.17) is 0 Å². The van der Waals surface area contributed by atoms with Crippen LogP contribution in [0.25, 0.3) is 28.8 Å². The average Bonchev–Trinajstić information content (AvgIpc) is 2.68. The minimum absolute atomic E-state index is 0.0804. The number of rotatable bonds is 3. The van der Waals surface area contributed by atoms with Gasteiger partial charge in [0.15, 0.2) is 5.43 Å². The van der Waals surface area contributed by atoms with E-state index in [1.54, 1.807) is 28.8 Å². The smallest absolute Gasteiger partial charge is 0.190 e. The van der Waals surface area contributed by atoms with Crippen LogP contribution in [0, 0.1) is 23.3 Å². The molecule has 29 heavy (non-hydrogen) atoms. The molecule has 4 rings (SSSR count). The van der Waals surface area contributed by atoms with Crippen molar-refractivity contribution < 1.29 is 17.6 Å². The second-order valence-electron chi connectivity index (χ2n) is 6.41. The molecule has 0 unspecified atom stereocenters. The van der Waals surface area contributed by atoms with Crippen molar-refractivity contribution in [1.29, 1.82) is 0 Å². The summed E-state index contributed by atoms with van der Waals surface area (Å²) in [4.78, 5) is 12.4. The highest BCUT2D eigenvalue weighted by molar-refractivity contribution is 5.81. The molecule has 0 N–H and O–H groups in total. The van der Waals surface area contributed by atoms with Crippen LogP contribution in [0.2, 0.25) is 0 Å². The molecule has 2 heterocycles. The first-order valence-electron chi connectivity index (χ1n) is 8.66. The monoisotopic (exact) mass is 395 g/mol. The molecule has 0 bridgehead atoms. The Labute approximate surface area is 163 Å². The zero-order valence-corrected chi connectivity index (χ0v) is 14.9. The summed E-state index contributed by atoms with van der Waals surface area (Å²) < 4.78 is 56.8. The third-order valence-electron chi connectivity index (χ3n) is 4.52. The second-order valence-corrected chi connectivity index (χ2v) is 6.41. The zero-order valence-electron chi connectivity index (χ0n) is 14.9. The summed E-state index contributed by atoms with van der Waals surface area (Å²) >= 11 is 0. The maximum absolute atomic E-state index is 14.2. The predicted molar refractivity (Wildman–Crippen MR) is 104 cm³/mol. The summed E-state index contributed by atoms with van der Waals surface area (Å²) in [5.74, 6) is -3.01. The van der Waals surface area contributed by atoms with Gasteiger partial charge in [0.1, 0.15) is 23.3 Å². The van der Waals surface area contributed by atoms with Crippen LogP contribution in [0.15, 0.2) is 71.8 Å². The Balaban J connectivity index is 1.81. The average molecular weight is 395 g/mol. The van der Waals surface area contributed by atoms with Crippen molar-refractivity contribution in [2.45, 2.75) is 0 Å². The van der Waals surface area contributed by atoms with Gasteiger partial charge in [0.25, 0.3) is 0 Å². The molecular formula is C23H13F4NO. The summed E-state index contributed by atoms with van der Waals surface area (Å²) in [5, 5.41) is 0. The van der Waals surface area contributed by atoms with Gasteiger partial charge in [-0.2, -0.15) is 0 Å². The molecule has 0 saturated heterocycles. The normalized spacial score (nSPS) is 11.4. The summed E-state index contributed by atoms with van der Waals surface area (Å²) in [6.07, 6.45) is 6.21. The van der Waals surface area contributed by atoms with Gasteiger partial charge in [0.05, 0.1) is 16.6 Å². The van der Waals surface area contributed by atoms with Gasteiger partial charge in [-0.1, -0.05) is 24.3 Å². The summed E-state index contributed by atoms with van der Waals surface area (Å²) in [5.41, 5.74) is 0.207. The highest BCUT2D eigenvalue weighted by atomic mass is 19.1. The number of fused-ring (bicyclic) bond motifs is 1. The van der Waals surface area contributed by atoms with Gasteiger partial charge >= 0.3 is 0 Å². The number of benzene rings is 2. The third-order valence-corrected chi connectivity index (χ3v) is 4.52. The van der Waals surface area contributed by atoms with E-state index in [-0.39, 0.29) is 16.7 Å². The molecule has 144 valence electrons. The first kappa shape index (κ1) is 18.7. The number of nitrogens with zero attached hydrogens (tertiary/aromatic N) is 1. The number of aromatic nitrogens is 1. The molecule has 2 aromatic heterocycles. The molecule has 0 amide bonds. The first-order chi connectivity index (χ1) is 13.9. The van der Waals surface area contributed by atoms with Crippen LogP contribution in [0.3, 0.4) is 0 Å². The van der Waals surface area contributed by atoms with E-state index in [2.05, 4.69) is 0 Å². The highest BCUT2D eigenvalue weighted by Crippen LogP contribution is 2.27. The summed E-state index contributed by atoms with van der Waals surface area (Å²) in [6.45, 7) is 0. The molecule has 0 spiro atoms. The fraction of sp³-hybridized carbons (Fsp3) is 0. The standard InChI is InChI=1S/C23H13F4NO/c24-16-8-7-15(19(27)12-16)6-4-14-5-9-20-23(21(29)10-11-28(20)13-14)22-17(25)2-1-3-18(22)26/h1-13H. The van der Waals surface area contributed by atoms with Gasteiger partial charge in [0, 0.05) is 30.1 Å². The lowest BCUT2D eigenvalue weighted by Gasteiger charge is -2.10. The Hall–Kier alpha value is -3.67. The Morgan fingerprint density at radius 2 is 1.52 bits per heavy atom. The molecule has 0 fully saturated rings. The number of pyridine rings is 2. The Morgan fingerprint density at radius 1 is 0.759 bits per heavy atom. The molecule has 0 aliphatic heterocycles. The minimum Gasteiger partial charge on any atom is -0.322 e. The molecule has 6 heteroatoms. The third kappa shape index (κ3) is 3.57. The highest BCUT2D eigenvalue weighted by Gasteiger charge is 2.17. The largest absolute Gasteiger partial charge is 0.322 e. The Kier molecular flexibility index (Phi) is 4.76. The van der Waals surface area contributed by atoms with Gasteiger partial charge < -0.3 is 4.40 Å². The van der Waals surface area contributed by atoms with Crippen LogP contribution < -0.4 is 5.43 Å². The predicted octanol–water partition coefficient (Wildman–Crippen LogP) is 5.69. The van der Waals surface area contributed by atoms with Crippen LogP contribution in [0.5, 0.6) is 0 Å². The van der Waals surface area contributed by atoms with Crippen molar-refractivity contribution in [1.82, 2.24) is 4.40 Å². The lowest BCUT2D eigenvalue weighted by atomic mass is 10.0. The minimum atomic E-state index is -0.828. The van der Waals surface area contributed by atoms with Crippen LogP contribution >= 0.6 is 0 Å². The van der Waals surface area contributed by atoms with Gasteiger partial charge in [-0.25, -0.2) is 17.6 Å². The van der Waals surface area contributed by atoms with Crippen molar-refractivity contribution >= 4 is 17.7 Å². The fourth-order valence-corrected chi connectivity index (χ4v) is 3.14. The lowest BCUT2D eigenvalue weighted by molar-refractivity contribution is 0.581. The molecule has 4 aromatic rings. The first-order valence-corrected chi connectivity index (χ1v) is 8.66. The maximum Gasteiger partial charge on any atom is 0.190 e. The maximum atomic E-state index is 14.2. The van der Waals surface area contributed by atoms with Crippen LogP contribution in [-0.2, 0) is 0 Å². The SMILES string of the molecule is O=c1ccn2cc(C=Cc3ccc(F)cc3F)ccc2c1-c1c(F)cccc1F. The topological polar surface area (TPSA) is 21.5 Å². The second kappa shape index (κ2) is 7.39. The van der Waals surface area contributed by atoms with E-state index in [9.17, 15) is 22.4 Å². The Bertz CT molecular complexity index is 1300. The van der Waals surface area contributed by atoms with Gasteiger partial charge in [-0.05, 0) is 35.9 Å². The van der Waals surface area contributed by atoms with E-state index < -0.39 is 28.7 Å². The van der Waals surface area contributed by atoms with E-state index in [1.165, 1.54) is 30.5 Å². The number of halogens is 4. The quantitative estimate of drug-likeness (QED) is 0.408. The molecular weight excluding hydrogens is 382 g/mol. The van der Waals surface area contributed by atoms with E-state index >= 15 is 0 Å². The van der Waals surface area contributed by atoms with Crippen molar-refractivity contribution in [2.24, 2.45) is 0 Å². The number of hydrogen-bond acceptors (Lipinski definition) is 1. The molecule has 0 aliphatic rings. The van der Waals surface area contributed by atoms with Crippen molar-refractivity contribution in [3.05, 3.63) is 112 Å². The molecule has 2 nitrogen and oxygen atoms in total. The molecule has 0 atom stereocenters. The molecule has 0 saturated carbocycles. The van der Waals surface area contributed by atoms with Crippen molar-refractivity contribution in [3.63, 3.8) is 0 Å². The van der Waals surface area contributed by atoms with Gasteiger partial charge in [0.2, 0.25) is 0 Å². The van der Waals surface area contributed by atoms with Gasteiger partial charge in [-0.15, -0.1) is 0 Å². The van der Waals surface area contributed by atoms with Crippen LogP contribution in [-0.4, -0.2) is 4.40 Å². The molecule has 0 aliphatic carbocycles. The number of hydrogen-bond donors (Lipinski definition) is 0. The lowest BCUT2D eigenvalue weighted by Crippen LogP contribution is -2.09. The van der Waals surface area contributed by atoms with E-state index in [0.717, 1.165) is 24.3 Å². The van der Waals surface area contributed by atoms with Crippen LogP contribution in [0.4, 0.5) is 17.6 Å². The van der Waals surface area contributed by atoms with E-state index in [1.807, 2.05) is 0 Å². The van der Waals surface area contributed by atoms with Crippen molar-refractivity contribution in [3.8, 4) is 11.1 Å². The fourth-order valence-electron chi connectivity index (χ4n) is 3.14. The Morgan fingerprint density at radius 3 is 2.24 bits per heavy atom. The zero-order chi connectivity index (χ0) is 20.5. The van der Waals surface area contributed by atoms with Crippen molar-refractivity contribution in [2.75, 3.05) is 0 Å². The van der Waals surface area contributed by atoms with E-state index in [0.29, 0.717) is 11.1 Å². The molecule has 0 radical (unpaired) electrons. The van der Waals surface area contributed by atoms with Gasteiger partial charge in [-0.3, -0.25) is 4.79 Å². The van der Waals surface area contributed by atoms with Crippen LogP contribution in [0.1, 0.15) is 11.1 Å². The molecule has 2 aromatic carbocycles. The summed E-state index contributed by atoms with van der Waals surface area (Å²) in [7, 11) is 0. The summed E-state index contributed by atoms with van der Waals surface area (Å²) in [6, 6.07) is 11.1.